The lowest BCUT2D eigenvalue weighted by atomic mass is 10.2. The molecule has 1 aliphatic rings. The Labute approximate surface area is 202 Å². The molecule has 1 aliphatic heterocycles. The number of aromatic nitrogens is 4. The van der Waals surface area contributed by atoms with Crippen LogP contribution < -0.4 is 9.64 Å². The Balaban J connectivity index is 1.37. The van der Waals surface area contributed by atoms with Crippen LogP contribution in [-0.4, -0.2) is 63.2 Å². The number of amides is 2. The maximum absolute atomic E-state index is 13.2. The third-order valence-electron chi connectivity index (χ3n) is 5.84. The molecule has 5 rings (SSSR count). The number of methoxy groups -OCH3 is 1. The Morgan fingerprint density at radius 2 is 1.71 bits per heavy atom. The molecule has 0 radical (unpaired) electrons. The molecule has 1 fully saturated rings. The first-order valence-corrected chi connectivity index (χ1v) is 11.3. The van der Waals surface area contributed by atoms with Crippen molar-refractivity contribution in [2.75, 3.05) is 31.6 Å². The molecular weight excluding hydrogens is 444 g/mol. The highest BCUT2D eigenvalue weighted by molar-refractivity contribution is 5.97. The molecule has 4 aromatic rings. The number of carbonyl (C=O) groups excluding carboxylic acids is 2. The van der Waals surface area contributed by atoms with E-state index in [0.717, 1.165) is 16.9 Å². The Kier molecular flexibility index (Phi) is 6.21. The zero-order valence-electron chi connectivity index (χ0n) is 19.2. The number of nitrogens with zero attached hydrogens (tertiary/aromatic N) is 6. The normalized spacial score (nSPS) is 13.7. The molecule has 0 unspecified atom stereocenters. The molecule has 2 aromatic heterocycles. The van der Waals surface area contributed by atoms with Gasteiger partial charge in [0.15, 0.2) is 11.6 Å². The molecule has 1 saturated heterocycles. The summed E-state index contributed by atoms with van der Waals surface area (Å²) >= 11 is 0. The average Bonchev–Trinajstić information content (AvgIpc) is 3.33. The lowest BCUT2D eigenvalue weighted by Gasteiger charge is -2.33. The molecule has 3 heterocycles. The van der Waals surface area contributed by atoms with Crippen molar-refractivity contribution >= 4 is 17.6 Å². The number of carbonyl (C=O) groups is 2. The van der Waals surface area contributed by atoms with Crippen LogP contribution in [0.1, 0.15) is 0 Å². The number of ether oxygens (including phenoxy) is 1. The van der Waals surface area contributed by atoms with Gasteiger partial charge in [0.25, 0.3) is 0 Å². The zero-order valence-corrected chi connectivity index (χ0v) is 19.2. The van der Waals surface area contributed by atoms with Gasteiger partial charge in [0.2, 0.25) is 11.8 Å². The molecule has 0 atom stereocenters. The van der Waals surface area contributed by atoms with Crippen LogP contribution in [0.3, 0.4) is 0 Å². The SMILES string of the molecule is COc1ccc(-c2nc(-c3ccccc3)n(CC(=O)N3CCN(c4ccccn4)C(=O)C3)n2)cc1. The fourth-order valence-corrected chi connectivity index (χ4v) is 3.99. The molecule has 0 spiro atoms. The summed E-state index contributed by atoms with van der Waals surface area (Å²) in [6, 6.07) is 22.5. The van der Waals surface area contributed by atoms with Crippen molar-refractivity contribution in [1.82, 2.24) is 24.6 Å². The first kappa shape index (κ1) is 22.3. The largest absolute Gasteiger partial charge is 0.497 e. The minimum absolute atomic E-state index is 0.00386. The Morgan fingerprint density at radius 1 is 0.943 bits per heavy atom. The van der Waals surface area contributed by atoms with E-state index in [1.807, 2.05) is 60.7 Å². The third-order valence-corrected chi connectivity index (χ3v) is 5.84. The first-order chi connectivity index (χ1) is 17.1. The van der Waals surface area contributed by atoms with E-state index >= 15 is 0 Å². The van der Waals surface area contributed by atoms with E-state index in [0.29, 0.717) is 30.6 Å². The van der Waals surface area contributed by atoms with Crippen LogP contribution >= 0.6 is 0 Å². The van der Waals surface area contributed by atoms with Gasteiger partial charge in [0.1, 0.15) is 24.7 Å². The first-order valence-electron chi connectivity index (χ1n) is 11.3. The van der Waals surface area contributed by atoms with Gasteiger partial charge in [0, 0.05) is 30.4 Å². The number of hydrogen-bond donors (Lipinski definition) is 0. The van der Waals surface area contributed by atoms with Crippen molar-refractivity contribution < 1.29 is 14.3 Å². The van der Waals surface area contributed by atoms with E-state index in [-0.39, 0.29) is 24.9 Å². The molecule has 2 amide bonds. The summed E-state index contributed by atoms with van der Waals surface area (Å²) in [5.41, 5.74) is 1.66. The molecule has 35 heavy (non-hydrogen) atoms. The van der Waals surface area contributed by atoms with Crippen LogP contribution in [0.15, 0.2) is 79.0 Å². The van der Waals surface area contributed by atoms with Crippen LogP contribution in [0.2, 0.25) is 0 Å². The van der Waals surface area contributed by atoms with Gasteiger partial charge in [-0.1, -0.05) is 36.4 Å². The molecule has 0 N–H and O–H groups in total. The maximum Gasteiger partial charge on any atom is 0.247 e. The van der Waals surface area contributed by atoms with Crippen molar-refractivity contribution in [3.8, 4) is 28.5 Å². The summed E-state index contributed by atoms with van der Waals surface area (Å²) in [5.74, 6) is 2.07. The lowest BCUT2D eigenvalue weighted by Crippen LogP contribution is -2.53. The van der Waals surface area contributed by atoms with Gasteiger partial charge >= 0.3 is 0 Å². The van der Waals surface area contributed by atoms with Crippen LogP contribution in [-0.2, 0) is 16.1 Å². The van der Waals surface area contributed by atoms with E-state index in [4.69, 9.17) is 9.72 Å². The number of rotatable bonds is 6. The van der Waals surface area contributed by atoms with E-state index in [1.54, 1.807) is 39.9 Å². The molecule has 0 bridgehead atoms. The Morgan fingerprint density at radius 3 is 2.40 bits per heavy atom. The van der Waals surface area contributed by atoms with Crippen molar-refractivity contribution in [3.05, 3.63) is 79.0 Å². The molecule has 9 heteroatoms. The highest BCUT2D eigenvalue weighted by atomic mass is 16.5. The minimum atomic E-state index is -0.192. The highest BCUT2D eigenvalue weighted by Gasteiger charge is 2.29. The van der Waals surface area contributed by atoms with Crippen LogP contribution in [0, 0.1) is 0 Å². The fourth-order valence-electron chi connectivity index (χ4n) is 3.99. The van der Waals surface area contributed by atoms with Gasteiger partial charge in [-0.25, -0.2) is 14.6 Å². The highest BCUT2D eigenvalue weighted by Crippen LogP contribution is 2.24. The molecule has 2 aromatic carbocycles. The van der Waals surface area contributed by atoms with Gasteiger partial charge in [-0.2, -0.15) is 0 Å². The maximum atomic E-state index is 13.2. The molecule has 0 saturated carbocycles. The molecule has 9 nitrogen and oxygen atoms in total. The molecular formula is C26H24N6O3. The summed E-state index contributed by atoms with van der Waals surface area (Å²) in [5, 5.41) is 4.64. The fraction of sp³-hybridized carbons (Fsp3) is 0.192. The van der Waals surface area contributed by atoms with Crippen molar-refractivity contribution in [3.63, 3.8) is 0 Å². The number of anilines is 1. The topological polar surface area (TPSA) is 93.5 Å². The van der Waals surface area contributed by atoms with E-state index < -0.39 is 0 Å². The number of hydrogen-bond acceptors (Lipinski definition) is 6. The lowest BCUT2D eigenvalue weighted by molar-refractivity contribution is -0.137. The number of pyridine rings is 1. The Hall–Kier alpha value is -4.53. The number of benzene rings is 2. The van der Waals surface area contributed by atoms with E-state index in [1.165, 1.54) is 0 Å². The standard InChI is InChI=1S/C26H24N6O3/c1-35-21-12-10-19(11-13-21)25-28-26(20-7-3-2-4-8-20)32(29-25)18-23(33)30-15-16-31(24(34)17-30)22-9-5-6-14-27-22/h2-14H,15-18H2,1H3. The van der Waals surface area contributed by atoms with Gasteiger partial charge in [0.05, 0.1) is 7.11 Å². The van der Waals surface area contributed by atoms with Crippen molar-refractivity contribution in [2.45, 2.75) is 6.54 Å². The van der Waals surface area contributed by atoms with Crippen molar-refractivity contribution in [1.29, 1.82) is 0 Å². The van der Waals surface area contributed by atoms with Gasteiger partial charge in [-0.05, 0) is 36.4 Å². The second-order valence-electron chi connectivity index (χ2n) is 8.06. The minimum Gasteiger partial charge on any atom is -0.497 e. The summed E-state index contributed by atoms with van der Waals surface area (Å²) in [6.07, 6.45) is 1.65. The smallest absolute Gasteiger partial charge is 0.247 e. The monoisotopic (exact) mass is 468 g/mol. The molecule has 176 valence electrons. The Bertz CT molecular complexity index is 1320. The zero-order chi connectivity index (χ0) is 24.2. The quantitative estimate of drug-likeness (QED) is 0.432. The summed E-state index contributed by atoms with van der Waals surface area (Å²) < 4.78 is 6.84. The van der Waals surface area contributed by atoms with Crippen LogP contribution in [0.25, 0.3) is 22.8 Å². The predicted octanol–water partition coefficient (Wildman–Crippen LogP) is 2.89. The molecule has 0 aliphatic carbocycles. The second kappa shape index (κ2) is 9.76. The third kappa shape index (κ3) is 4.74. The van der Waals surface area contributed by atoms with Crippen molar-refractivity contribution in [2.24, 2.45) is 0 Å². The summed E-state index contributed by atoms with van der Waals surface area (Å²) in [7, 11) is 1.61. The summed E-state index contributed by atoms with van der Waals surface area (Å²) in [4.78, 5) is 38.1. The average molecular weight is 469 g/mol. The van der Waals surface area contributed by atoms with Gasteiger partial charge < -0.3 is 9.64 Å². The number of piperazine rings is 1. The van der Waals surface area contributed by atoms with Gasteiger partial charge in [-0.15, -0.1) is 5.10 Å². The van der Waals surface area contributed by atoms with Crippen LogP contribution in [0.4, 0.5) is 5.82 Å². The van der Waals surface area contributed by atoms with E-state index in [9.17, 15) is 9.59 Å². The van der Waals surface area contributed by atoms with E-state index in [2.05, 4.69) is 10.1 Å². The second-order valence-corrected chi connectivity index (χ2v) is 8.06. The van der Waals surface area contributed by atoms with Gasteiger partial charge in [-0.3, -0.25) is 14.5 Å². The predicted molar refractivity (Wildman–Crippen MR) is 131 cm³/mol. The van der Waals surface area contributed by atoms with Crippen LogP contribution in [0.5, 0.6) is 5.75 Å². The summed E-state index contributed by atoms with van der Waals surface area (Å²) in [6.45, 7) is 0.782.